The molecule has 1 amide bonds. The minimum Gasteiger partial charge on any atom is -0.508 e. The molecule has 5 nitrogen and oxygen atoms in total. The molecule has 0 aromatic heterocycles. The number of hydrogen-bond acceptors (Lipinski definition) is 4. The Bertz CT molecular complexity index is 697. The van der Waals surface area contributed by atoms with E-state index in [0.29, 0.717) is 13.0 Å². The molecule has 144 valence electrons. The fourth-order valence-corrected chi connectivity index (χ4v) is 3.38. The average Bonchev–Trinajstić information content (AvgIpc) is 2.72. The van der Waals surface area contributed by atoms with Gasteiger partial charge in [0.1, 0.15) is 5.75 Å². The van der Waals surface area contributed by atoms with E-state index in [4.69, 9.17) is 4.74 Å². The van der Waals surface area contributed by atoms with E-state index in [1.54, 1.807) is 12.1 Å². The van der Waals surface area contributed by atoms with Gasteiger partial charge in [0, 0.05) is 19.6 Å². The number of hydrogen-bond donors (Lipinski definition) is 2. The van der Waals surface area contributed by atoms with E-state index in [1.807, 2.05) is 42.5 Å². The van der Waals surface area contributed by atoms with E-state index < -0.39 is 0 Å². The SMILES string of the molecule is O=C(NCCCN1CCOCC1)C(Cc1ccc(O)cc1)c1ccccc1. The van der Waals surface area contributed by atoms with Gasteiger partial charge in [0.25, 0.3) is 0 Å². The van der Waals surface area contributed by atoms with Crippen molar-refractivity contribution in [2.45, 2.75) is 18.8 Å². The lowest BCUT2D eigenvalue weighted by Gasteiger charge is -2.26. The molecule has 1 saturated heterocycles. The van der Waals surface area contributed by atoms with Gasteiger partial charge in [-0.25, -0.2) is 0 Å². The molecule has 0 saturated carbocycles. The van der Waals surface area contributed by atoms with Crippen LogP contribution in [-0.2, 0) is 16.0 Å². The number of ether oxygens (including phenoxy) is 1. The second-order valence-electron chi connectivity index (χ2n) is 6.93. The molecule has 1 aliphatic rings. The number of nitrogens with one attached hydrogen (secondary N) is 1. The summed E-state index contributed by atoms with van der Waals surface area (Å²) in [5.74, 6) is 0.0537. The molecule has 1 heterocycles. The molecule has 1 atom stereocenters. The maximum atomic E-state index is 12.9. The van der Waals surface area contributed by atoms with E-state index >= 15 is 0 Å². The molecule has 2 aromatic carbocycles. The molecule has 3 rings (SSSR count). The van der Waals surface area contributed by atoms with E-state index in [-0.39, 0.29) is 17.6 Å². The second kappa shape index (κ2) is 10.1. The lowest BCUT2D eigenvalue weighted by molar-refractivity contribution is -0.122. The van der Waals surface area contributed by atoms with Crippen molar-refractivity contribution in [3.05, 3.63) is 65.7 Å². The topological polar surface area (TPSA) is 61.8 Å². The van der Waals surface area contributed by atoms with Gasteiger partial charge in [-0.3, -0.25) is 9.69 Å². The molecule has 5 heteroatoms. The molecular weight excluding hydrogens is 340 g/mol. The highest BCUT2D eigenvalue weighted by Crippen LogP contribution is 2.22. The van der Waals surface area contributed by atoms with Gasteiger partial charge in [-0.2, -0.15) is 0 Å². The number of carbonyl (C=O) groups is 1. The van der Waals surface area contributed by atoms with Gasteiger partial charge >= 0.3 is 0 Å². The van der Waals surface area contributed by atoms with Crippen molar-refractivity contribution in [2.75, 3.05) is 39.4 Å². The van der Waals surface area contributed by atoms with Gasteiger partial charge in [-0.05, 0) is 42.6 Å². The van der Waals surface area contributed by atoms with E-state index in [9.17, 15) is 9.90 Å². The third-order valence-corrected chi connectivity index (χ3v) is 4.95. The smallest absolute Gasteiger partial charge is 0.227 e. The van der Waals surface area contributed by atoms with Crippen LogP contribution in [0.25, 0.3) is 0 Å². The van der Waals surface area contributed by atoms with Gasteiger partial charge in [-0.15, -0.1) is 0 Å². The third kappa shape index (κ3) is 6.08. The van der Waals surface area contributed by atoms with Gasteiger partial charge in [0.15, 0.2) is 0 Å². The fourth-order valence-electron chi connectivity index (χ4n) is 3.38. The number of rotatable bonds is 8. The lowest BCUT2D eigenvalue weighted by Crippen LogP contribution is -2.38. The molecule has 2 N–H and O–H groups in total. The van der Waals surface area contributed by atoms with Crippen LogP contribution in [0.2, 0.25) is 0 Å². The Balaban J connectivity index is 1.56. The molecule has 0 bridgehead atoms. The van der Waals surface area contributed by atoms with Crippen molar-refractivity contribution >= 4 is 5.91 Å². The van der Waals surface area contributed by atoms with Crippen molar-refractivity contribution in [2.24, 2.45) is 0 Å². The number of benzene rings is 2. The summed E-state index contributed by atoms with van der Waals surface area (Å²) >= 11 is 0. The van der Waals surface area contributed by atoms with E-state index in [2.05, 4.69) is 10.2 Å². The highest BCUT2D eigenvalue weighted by Gasteiger charge is 2.21. The summed E-state index contributed by atoms with van der Waals surface area (Å²) in [5.41, 5.74) is 2.04. The normalized spacial score (nSPS) is 16.0. The van der Waals surface area contributed by atoms with Crippen LogP contribution < -0.4 is 5.32 Å². The number of phenolic OH excluding ortho intramolecular Hbond substituents is 1. The molecule has 2 aromatic rings. The molecular formula is C22H28N2O3. The van der Waals surface area contributed by atoms with Crippen LogP contribution >= 0.6 is 0 Å². The largest absolute Gasteiger partial charge is 0.508 e. The highest BCUT2D eigenvalue weighted by atomic mass is 16.5. The average molecular weight is 368 g/mol. The van der Waals surface area contributed by atoms with Crippen molar-refractivity contribution in [3.63, 3.8) is 0 Å². The van der Waals surface area contributed by atoms with Crippen LogP contribution in [0.4, 0.5) is 0 Å². The van der Waals surface area contributed by atoms with Crippen LogP contribution in [-0.4, -0.2) is 55.3 Å². The number of carbonyl (C=O) groups excluding carboxylic acids is 1. The molecule has 1 fully saturated rings. The molecule has 0 radical (unpaired) electrons. The van der Waals surface area contributed by atoms with Crippen molar-refractivity contribution in [1.82, 2.24) is 10.2 Å². The predicted octanol–water partition coefficient (Wildman–Crippen LogP) is 2.56. The van der Waals surface area contributed by atoms with E-state index in [1.165, 1.54) is 0 Å². The molecule has 0 spiro atoms. The predicted molar refractivity (Wildman–Crippen MR) is 106 cm³/mol. The van der Waals surface area contributed by atoms with Gasteiger partial charge < -0.3 is 15.2 Å². The lowest BCUT2D eigenvalue weighted by atomic mass is 9.91. The Morgan fingerprint density at radius 3 is 2.48 bits per heavy atom. The standard InChI is InChI=1S/C22H28N2O3/c25-20-9-7-18(8-10-20)17-21(19-5-2-1-3-6-19)22(26)23-11-4-12-24-13-15-27-16-14-24/h1-3,5-10,21,25H,4,11-17H2,(H,23,26). The van der Waals surface area contributed by atoms with Crippen LogP contribution in [0.5, 0.6) is 5.75 Å². The number of morpholine rings is 1. The van der Waals surface area contributed by atoms with Crippen molar-refractivity contribution in [1.29, 1.82) is 0 Å². The molecule has 1 aliphatic heterocycles. The number of nitrogens with zero attached hydrogens (tertiary/aromatic N) is 1. The van der Waals surface area contributed by atoms with Crippen LogP contribution in [0.15, 0.2) is 54.6 Å². The molecule has 27 heavy (non-hydrogen) atoms. The Labute approximate surface area is 161 Å². The highest BCUT2D eigenvalue weighted by molar-refractivity contribution is 5.84. The van der Waals surface area contributed by atoms with Crippen molar-refractivity contribution in [3.8, 4) is 5.75 Å². The second-order valence-corrected chi connectivity index (χ2v) is 6.93. The summed E-state index contributed by atoms with van der Waals surface area (Å²) in [6, 6.07) is 17.0. The van der Waals surface area contributed by atoms with Gasteiger partial charge in [-0.1, -0.05) is 42.5 Å². The maximum Gasteiger partial charge on any atom is 0.227 e. The Kier molecular flexibility index (Phi) is 7.25. The Hall–Kier alpha value is -2.37. The van der Waals surface area contributed by atoms with Crippen LogP contribution in [0.3, 0.4) is 0 Å². The van der Waals surface area contributed by atoms with Gasteiger partial charge in [0.05, 0.1) is 19.1 Å². The zero-order chi connectivity index (χ0) is 18.9. The Morgan fingerprint density at radius 2 is 1.78 bits per heavy atom. The maximum absolute atomic E-state index is 12.9. The number of phenols is 1. The zero-order valence-electron chi connectivity index (χ0n) is 15.6. The summed E-state index contributed by atoms with van der Waals surface area (Å²) < 4.78 is 5.36. The summed E-state index contributed by atoms with van der Waals surface area (Å²) in [6.45, 7) is 5.21. The third-order valence-electron chi connectivity index (χ3n) is 4.95. The first-order valence-electron chi connectivity index (χ1n) is 9.63. The van der Waals surface area contributed by atoms with Gasteiger partial charge in [0.2, 0.25) is 5.91 Å². The monoisotopic (exact) mass is 368 g/mol. The summed E-state index contributed by atoms with van der Waals surface area (Å²) in [6.07, 6.45) is 1.55. The zero-order valence-corrected chi connectivity index (χ0v) is 15.6. The summed E-state index contributed by atoms with van der Waals surface area (Å²) in [5, 5.41) is 12.6. The molecule has 1 unspecified atom stereocenters. The van der Waals surface area contributed by atoms with Crippen molar-refractivity contribution < 1.29 is 14.6 Å². The van der Waals surface area contributed by atoms with E-state index in [0.717, 1.165) is 50.4 Å². The van der Waals surface area contributed by atoms with Crippen LogP contribution in [0, 0.1) is 0 Å². The first kappa shape index (κ1) is 19.4. The minimum absolute atomic E-state index is 0.0521. The number of amides is 1. The first-order chi connectivity index (χ1) is 13.2. The number of aromatic hydroxyl groups is 1. The Morgan fingerprint density at radius 1 is 1.07 bits per heavy atom. The summed E-state index contributed by atoms with van der Waals surface area (Å²) in [7, 11) is 0. The first-order valence-corrected chi connectivity index (χ1v) is 9.63. The fraction of sp³-hybridized carbons (Fsp3) is 0.409. The minimum atomic E-state index is -0.237. The van der Waals surface area contributed by atoms with Crippen LogP contribution in [0.1, 0.15) is 23.5 Å². The molecule has 0 aliphatic carbocycles. The quantitative estimate of drug-likeness (QED) is 0.703. The summed E-state index contributed by atoms with van der Waals surface area (Å²) in [4.78, 5) is 15.2.